The minimum absolute atomic E-state index is 0.646. The molecule has 10 heavy (non-hydrogen) atoms. The van der Waals surface area contributed by atoms with Crippen molar-refractivity contribution in [3.63, 3.8) is 0 Å². The molecule has 0 radical (unpaired) electrons. The zero-order valence-electron chi connectivity index (χ0n) is 8.45. The molecule has 0 saturated carbocycles. The predicted octanol–water partition coefficient (Wildman–Crippen LogP) is 3.71. The first-order chi connectivity index (χ1) is 4.15. The molecular formula is C9H21Bi. The van der Waals surface area contributed by atoms with Crippen molar-refractivity contribution in [2.24, 2.45) is 0 Å². The van der Waals surface area contributed by atoms with Gasteiger partial charge in [-0.3, -0.25) is 0 Å². The Kier molecular flexibility index (Phi) is 3.36. The van der Waals surface area contributed by atoms with Gasteiger partial charge in [0.1, 0.15) is 0 Å². The maximum absolute atomic E-state index is 2.54. The van der Waals surface area contributed by atoms with Crippen LogP contribution in [0.3, 0.4) is 0 Å². The van der Waals surface area contributed by atoms with Crippen LogP contribution in [0.25, 0.3) is 0 Å². The summed E-state index contributed by atoms with van der Waals surface area (Å²) >= 11 is -1.21. The van der Waals surface area contributed by atoms with Crippen molar-refractivity contribution in [1.82, 2.24) is 0 Å². The molecule has 0 spiro atoms. The van der Waals surface area contributed by atoms with Crippen LogP contribution in [0.5, 0.6) is 0 Å². The standard InChI is InChI=1S/2C4H9.CH3.Bi/c2*1-4(2)3;;/h2*1-3H3;1H3;. The Balaban J connectivity index is 4.23. The third-order valence-electron chi connectivity index (χ3n) is 2.01. The van der Waals surface area contributed by atoms with Crippen LogP contribution >= 0.6 is 0 Å². The molecule has 0 fully saturated rings. The van der Waals surface area contributed by atoms with E-state index in [2.05, 4.69) is 46.2 Å². The van der Waals surface area contributed by atoms with Crippen LogP contribution < -0.4 is 0 Å². The van der Waals surface area contributed by atoms with Crippen LogP contribution in [0.1, 0.15) is 41.5 Å². The zero-order valence-corrected chi connectivity index (χ0v) is 11.9. The first-order valence-corrected chi connectivity index (χ1v) is 10.8. The second kappa shape index (κ2) is 3.09. The molecule has 0 aliphatic carbocycles. The molecule has 0 rings (SSSR count). The van der Waals surface area contributed by atoms with Gasteiger partial charge in [0.15, 0.2) is 0 Å². The first kappa shape index (κ1) is 10.9. The Labute approximate surface area is 74.1 Å². The molecule has 0 aromatic heterocycles. The molecule has 0 nitrogen and oxygen atoms in total. The first-order valence-electron chi connectivity index (χ1n) is 3.89. The fourth-order valence-electron chi connectivity index (χ4n) is 1.01. The number of hydrogen-bond acceptors (Lipinski definition) is 0. The van der Waals surface area contributed by atoms with Crippen molar-refractivity contribution < 1.29 is 0 Å². The number of rotatable bonds is 0. The molecule has 1 heteroatoms. The molecule has 0 N–H and O–H groups in total. The minimum atomic E-state index is -1.21. The summed E-state index contributed by atoms with van der Waals surface area (Å²) in [5, 5.41) is 0. The van der Waals surface area contributed by atoms with Crippen LogP contribution in [0, 0.1) is 0 Å². The molecule has 0 bridgehead atoms. The van der Waals surface area contributed by atoms with E-state index in [-0.39, 0.29) is 0 Å². The van der Waals surface area contributed by atoms with Crippen molar-refractivity contribution in [2.45, 2.75) is 52.4 Å². The zero-order chi connectivity index (χ0) is 8.58. The van der Waals surface area contributed by atoms with Crippen molar-refractivity contribution in [3.05, 3.63) is 0 Å². The van der Waals surface area contributed by atoms with Crippen LogP contribution in [0.4, 0.5) is 0 Å². The Morgan fingerprint density at radius 1 is 0.700 bits per heavy atom. The quantitative estimate of drug-likeness (QED) is 0.591. The van der Waals surface area contributed by atoms with Gasteiger partial charge in [-0.15, -0.1) is 0 Å². The topological polar surface area (TPSA) is 0 Å². The van der Waals surface area contributed by atoms with Gasteiger partial charge in [0.2, 0.25) is 0 Å². The fraction of sp³-hybridized carbons (Fsp3) is 1.00. The van der Waals surface area contributed by atoms with Crippen LogP contribution in [0.2, 0.25) is 10.9 Å². The summed E-state index contributed by atoms with van der Waals surface area (Å²) in [6.07, 6.45) is 0. The van der Waals surface area contributed by atoms with Crippen molar-refractivity contribution >= 4 is 21.8 Å². The van der Waals surface area contributed by atoms with Gasteiger partial charge in [-0.2, -0.15) is 0 Å². The normalized spacial score (nSPS) is 14.4. The van der Waals surface area contributed by atoms with Gasteiger partial charge in [-0.25, -0.2) is 0 Å². The van der Waals surface area contributed by atoms with Gasteiger partial charge in [0.05, 0.1) is 0 Å². The van der Waals surface area contributed by atoms with E-state index in [1.807, 2.05) is 0 Å². The predicted molar refractivity (Wildman–Crippen MR) is 51.0 cm³/mol. The van der Waals surface area contributed by atoms with Crippen molar-refractivity contribution in [2.75, 3.05) is 0 Å². The molecular weight excluding hydrogens is 317 g/mol. The van der Waals surface area contributed by atoms with Crippen molar-refractivity contribution in [1.29, 1.82) is 0 Å². The molecule has 0 heterocycles. The third kappa shape index (κ3) is 3.33. The summed E-state index contributed by atoms with van der Waals surface area (Å²) in [5.74, 6) is 0. The summed E-state index contributed by atoms with van der Waals surface area (Å²) in [5.41, 5.74) is 0. The summed E-state index contributed by atoms with van der Waals surface area (Å²) in [6, 6.07) is 0. The molecule has 0 aliphatic rings. The van der Waals surface area contributed by atoms with E-state index < -0.39 is 21.8 Å². The van der Waals surface area contributed by atoms with Gasteiger partial charge in [0.25, 0.3) is 0 Å². The monoisotopic (exact) mass is 338 g/mol. The van der Waals surface area contributed by atoms with Crippen LogP contribution in [-0.4, -0.2) is 21.8 Å². The van der Waals surface area contributed by atoms with Crippen LogP contribution in [0.15, 0.2) is 0 Å². The summed E-state index contributed by atoms with van der Waals surface area (Å²) in [6.45, 7) is 14.4. The molecule has 62 valence electrons. The summed E-state index contributed by atoms with van der Waals surface area (Å²) < 4.78 is 3.83. The Morgan fingerprint density at radius 2 is 0.900 bits per heavy atom. The maximum atomic E-state index is 2.54. The molecule has 0 aromatic rings. The average molecular weight is 338 g/mol. The number of hydrogen-bond donors (Lipinski definition) is 0. The molecule has 0 aromatic carbocycles. The van der Waals surface area contributed by atoms with E-state index >= 15 is 0 Å². The van der Waals surface area contributed by atoms with Gasteiger partial charge in [-0.1, -0.05) is 0 Å². The van der Waals surface area contributed by atoms with E-state index in [4.69, 9.17) is 0 Å². The van der Waals surface area contributed by atoms with E-state index in [9.17, 15) is 0 Å². The summed E-state index contributed by atoms with van der Waals surface area (Å²) in [7, 11) is 0. The Hall–Kier alpha value is 0.883. The SMILES string of the molecule is [CH3][Bi]([C](C)(C)C)[C](C)(C)C. The molecule has 0 amide bonds. The molecule has 0 unspecified atom stereocenters. The molecule has 0 aliphatic heterocycles. The van der Waals surface area contributed by atoms with E-state index in [1.165, 1.54) is 0 Å². The van der Waals surface area contributed by atoms with Crippen molar-refractivity contribution in [3.8, 4) is 0 Å². The fourth-order valence-corrected chi connectivity index (χ4v) is 8.83. The van der Waals surface area contributed by atoms with E-state index in [0.29, 0.717) is 6.25 Å². The Bertz CT molecular complexity index is 88.9. The van der Waals surface area contributed by atoms with Crippen LogP contribution in [-0.2, 0) is 0 Å². The van der Waals surface area contributed by atoms with Gasteiger partial charge < -0.3 is 0 Å². The van der Waals surface area contributed by atoms with Gasteiger partial charge >= 0.3 is 74.2 Å². The van der Waals surface area contributed by atoms with Gasteiger partial charge in [0, 0.05) is 0 Å². The molecule has 0 saturated heterocycles. The Morgan fingerprint density at radius 3 is 0.900 bits per heavy atom. The van der Waals surface area contributed by atoms with E-state index in [0.717, 1.165) is 0 Å². The second-order valence-corrected chi connectivity index (χ2v) is 19.7. The van der Waals surface area contributed by atoms with Gasteiger partial charge in [-0.05, 0) is 0 Å². The third-order valence-corrected chi connectivity index (χ3v) is 17.7. The van der Waals surface area contributed by atoms with E-state index in [1.54, 1.807) is 0 Å². The second-order valence-electron chi connectivity index (χ2n) is 4.90. The summed E-state index contributed by atoms with van der Waals surface area (Å²) in [4.78, 5) is 0. The average Bonchev–Trinajstić information content (AvgIpc) is 1.59. The molecule has 0 atom stereocenters.